The summed E-state index contributed by atoms with van der Waals surface area (Å²) in [5.74, 6) is -0.522. The number of carbonyl (C=O) groups excluding carboxylic acids is 2. The van der Waals surface area contributed by atoms with Crippen LogP contribution >= 0.6 is 11.6 Å². The first-order valence-corrected chi connectivity index (χ1v) is 15.8. The predicted molar refractivity (Wildman–Crippen MR) is 164 cm³/mol. The van der Waals surface area contributed by atoms with Gasteiger partial charge in [0, 0.05) is 24.0 Å². The average Bonchev–Trinajstić information content (AvgIpc) is 2.94. The maximum Gasteiger partial charge on any atom is 0.244 e. The van der Waals surface area contributed by atoms with Crippen LogP contribution in [0.25, 0.3) is 0 Å². The van der Waals surface area contributed by atoms with E-state index >= 15 is 0 Å². The molecule has 3 aromatic rings. The van der Waals surface area contributed by atoms with Crippen LogP contribution in [0.15, 0.2) is 78.9 Å². The number of halogens is 1. The van der Waals surface area contributed by atoms with E-state index in [2.05, 4.69) is 5.32 Å². The summed E-state index contributed by atoms with van der Waals surface area (Å²) in [5, 5.41) is 3.50. The molecule has 8 nitrogen and oxygen atoms in total. The highest BCUT2D eigenvalue weighted by molar-refractivity contribution is 7.92. The Balaban J connectivity index is 2.09. The highest BCUT2D eigenvalue weighted by Crippen LogP contribution is 2.30. The summed E-state index contributed by atoms with van der Waals surface area (Å²) in [4.78, 5) is 29.4. The number of hydrogen-bond acceptors (Lipinski definition) is 5. The van der Waals surface area contributed by atoms with E-state index in [0.29, 0.717) is 29.4 Å². The first kappa shape index (κ1) is 32.0. The maximum absolute atomic E-state index is 14.2. The fraction of sp³-hybridized carbons (Fsp3) is 0.355. The minimum absolute atomic E-state index is 0.0511. The second-order valence-corrected chi connectivity index (χ2v) is 12.2. The Morgan fingerprint density at radius 1 is 0.951 bits per heavy atom. The van der Waals surface area contributed by atoms with Crippen LogP contribution < -0.4 is 14.4 Å². The van der Waals surface area contributed by atoms with E-state index in [4.69, 9.17) is 16.3 Å². The summed E-state index contributed by atoms with van der Waals surface area (Å²) < 4.78 is 32.8. The van der Waals surface area contributed by atoms with Crippen LogP contribution in [0.2, 0.25) is 5.02 Å². The van der Waals surface area contributed by atoms with Gasteiger partial charge in [0.15, 0.2) is 0 Å². The Bertz CT molecular complexity index is 1420. The van der Waals surface area contributed by atoms with E-state index in [9.17, 15) is 18.0 Å². The van der Waals surface area contributed by atoms with Gasteiger partial charge in [-0.2, -0.15) is 0 Å². The van der Waals surface area contributed by atoms with Gasteiger partial charge in [0.05, 0.1) is 18.6 Å². The molecule has 0 aliphatic rings. The molecule has 0 bridgehead atoms. The molecule has 3 rings (SSSR count). The Morgan fingerprint density at radius 3 is 2.24 bits per heavy atom. The summed E-state index contributed by atoms with van der Waals surface area (Å²) in [6.07, 6.45) is 1.99. The van der Waals surface area contributed by atoms with Crippen molar-refractivity contribution < 1.29 is 22.7 Å². The van der Waals surface area contributed by atoms with Crippen LogP contribution in [0.3, 0.4) is 0 Å². The van der Waals surface area contributed by atoms with Crippen LogP contribution in [-0.4, -0.2) is 56.6 Å². The molecule has 0 saturated carbocycles. The lowest BCUT2D eigenvalue weighted by molar-refractivity contribution is -0.140. The van der Waals surface area contributed by atoms with Gasteiger partial charge in [0.2, 0.25) is 21.8 Å². The number of amides is 2. The highest BCUT2D eigenvalue weighted by atomic mass is 35.5. The van der Waals surface area contributed by atoms with Gasteiger partial charge in [-0.25, -0.2) is 8.42 Å². The number of carbonyl (C=O) groups is 2. The summed E-state index contributed by atoms with van der Waals surface area (Å²) in [7, 11) is -3.91. The van der Waals surface area contributed by atoms with Crippen molar-refractivity contribution in [3.05, 3.63) is 95.0 Å². The molecular weight excluding hydrogens is 562 g/mol. The van der Waals surface area contributed by atoms with E-state index < -0.39 is 28.5 Å². The van der Waals surface area contributed by atoms with Crippen LogP contribution in [0.1, 0.15) is 38.3 Å². The lowest BCUT2D eigenvalue weighted by atomic mass is 10.0. The number of anilines is 1. The van der Waals surface area contributed by atoms with Gasteiger partial charge in [-0.1, -0.05) is 73.1 Å². The molecule has 0 aromatic heterocycles. The number of para-hydroxylation sites is 2. The normalized spacial score (nSPS) is 12.7. The van der Waals surface area contributed by atoms with Crippen molar-refractivity contribution in [1.29, 1.82) is 0 Å². The van der Waals surface area contributed by atoms with E-state index in [-0.39, 0.29) is 30.6 Å². The Hall–Kier alpha value is -3.56. The van der Waals surface area contributed by atoms with Crippen LogP contribution in [0.4, 0.5) is 5.69 Å². The smallest absolute Gasteiger partial charge is 0.244 e. The minimum Gasteiger partial charge on any atom is -0.492 e. The third-order valence-corrected chi connectivity index (χ3v) is 7.99. The lowest BCUT2D eigenvalue weighted by Crippen LogP contribution is -2.54. The van der Waals surface area contributed by atoms with Gasteiger partial charge < -0.3 is 15.0 Å². The lowest BCUT2D eigenvalue weighted by Gasteiger charge is -2.34. The number of hydrogen-bond donors (Lipinski definition) is 1. The SMILES string of the molecule is CCOc1ccccc1N(CC(=O)N(Cc1cccc(Cl)c1)[C@H](Cc1ccccc1)C(=O)N[C@H](C)CC)S(C)(=O)=O. The van der Waals surface area contributed by atoms with E-state index in [0.717, 1.165) is 16.1 Å². The third-order valence-electron chi connectivity index (χ3n) is 6.63. The van der Waals surface area contributed by atoms with Gasteiger partial charge in [0.25, 0.3) is 0 Å². The first-order valence-electron chi connectivity index (χ1n) is 13.6. The predicted octanol–water partition coefficient (Wildman–Crippen LogP) is 5.06. The zero-order chi connectivity index (χ0) is 30.0. The zero-order valence-corrected chi connectivity index (χ0v) is 25.5. The molecule has 41 heavy (non-hydrogen) atoms. The van der Waals surface area contributed by atoms with Crippen molar-refractivity contribution in [2.75, 3.05) is 23.7 Å². The topological polar surface area (TPSA) is 96.0 Å². The maximum atomic E-state index is 14.2. The van der Waals surface area contributed by atoms with E-state index in [1.54, 1.807) is 49.4 Å². The summed E-state index contributed by atoms with van der Waals surface area (Å²) in [6.45, 7) is 5.51. The number of nitrogens with one attached hydrogen (secondary N) is 1. The molecule has 0 unspecified atom stereocenters. The number of nitrogens with zero attached hydrogens (tertiary/aromatic N) is 2. The monoisotopic (exact) mass is 599 g/mol. The van der Waals surface area contributed by atoms with Crippen molar-refractivity contribution in [3.8, 4) is 5.75 Å². The van der Waals surface area contributed by atoms with Gasteiger partial charge in [-0.05, 0) is 55.7 Å². The quantitative estimate of drug-likeness (QED) is 0.279. The van der Waals surface area contributed by atoms with Crippen molar-refractivity contribution in [3.63, 3.8) is 0 Å². The fourth-order valence-electron chi connectivity index (χ4n) is 4.36. The Morgan fingerprint density at radius 2 is 1.61 bits per heavy atom. The molecule has 0 fully saturated rings. The number of sulfonamides is 1. The van der Waals surface area contributed by atoms with Gasteiger partial charge in [-0.3, -0.25) is 13.9 Å². The van der Waals surface area contributed by atoms with Crippen molar-refractivity contribution in [2.24, 2.45) is 0 Å². The molecule has 220 valence electrons. The summed E-state index contributed by atoms with van der Waals surface area (Å²) in [6, 6.07) is 22.1. The van der Waals surface area contributed by atoms with Gasteiger partial charge >= 0.3 is 0 Å². The molecule has 0 aliphatic heterocycles. The van der Waals surface area contributed by atoms with Crippen molar-refractivity contribution >= 4 is 39.1 Å². The molecule has 0 radical (unpaired) electrons. The van der Waals surface area contributed by atoms with Gasteiger partial charge in [-0.15, -0.1) is 0 Å². The number of ether oxygens (including phenoxy) is 1. The summed E-state index contributed by atoms with van der Waals surface area (Å²) >= 11 is 6.25. The van der Waals surface area contributed by atoms with Crippen LogP contribution in [0, 0.1) is 0 Å². The van der Waals surface area contributed by atoms with Crippen molar-refractivity contribution in [2.45, 2.75) is 52.2 Å². The molecule has 0 saturated heterocycles. The highest BCUT2D eigenvalue weighted by Gasteiger charge is 2.34. The number of rotatable bonds is 14. The molecule has 3 aromatic carbocycles. The molecule has 0 spiro atoms. The summed E-state index contributed by atoms with van der Waals surface area (Å²) in [5.41, 5.74) is 1.82. The Labute approximate surface area is 248 Å². The molecule has 1 N–H and O–H groups in total. The second kappa shape index (κ2) is 14.9. The largest absolute Gasteiger partial charge is 0.492 e. The fourth-order valence-corrected chi connectivity index (χ4v) is 5.43. The second-order valence-electron chi connectivity index (χ2n) is 9.85. The molecule has 2 atom stereocenters. The van der Waals surface area contributed by atoms with E-state index in [1.807, 2.05) is 50.2 Å². The molecule has 0 aliphatic carbocycles. The third kappa shape index (κ3) is 9.23. The minimum atomic E-state index is -3.91. The number of benzene rings is 3. The molecule has 2 amide bonds. The standard InChI is InChI=1S/C31H38ClN3O5S/c1-5-23(3)33-31(37)28(20-24-13-8-7-9-14-24)34(21-25-15-12-16-26(32)19-25)30(36)22-35(41(4,38)39)27-17-10-11-18-29(27)40-6-2/h7-19,23,28H,5-6,20-22H2,1-4H3,(H,33,37)/t23-,28-/m1/s1. The zero-order valence-electron chi connectivity index (χ0n) is 23.9. The molecule has 10 heteroatoms. The average molecular weight is 600 g/mol. The van der Waals surface area contributed by atoms with Gasteiger partial charge in [0.1, 0.15) is 18.3 Å². The van der Waals surface area contributed by atoms with E-state index in [1.165, 1.54) is 4.90 Å². The van der Waals surface area contributed by atoms with Crippen LogP contribution in [0.5, 0.6) is 5.75 Å². The van der Waals surface area contributed by atoms with Crippen molar-refractivity contribution in [1.82, 2.24) is 10.2 Å². The Kier molecular flexibility index (Phi) is 11.6. The molecule has 0 heterocycles. The first-order chi connectivity index (χ1) is 19.5. The molecular formula is C31H38ClN3O5S. The van der Waals surface area contributed by atoms with Crippen LogP contribution in [-0.2, 0) is 32.6 Å².